The van der Waals surface area contributed by atoms with Gasteiger partial charge in [0.25, 0.3) is 0 Å². The fourth-order valence-corrected chi connectivity index (χ4v) is 1.36. The van der Waals surface area contributed by atoms with E-state index in [1.807, 2.05) is 6.07 Å². The van der Waals surface area contributed by atoms with E-state index in [1.165, 1.54) is 0 Å². The van der Waals surface area contributed by atoms with E-state index >= 15 is 0 Å². The maximum Gasteiger partial charge on any atom is 0.102 e. The predicted octanol–water partition coefficient (Wildman–Crippen LogP) is 0.261. The molecule has 1 N–H and O–H groups in total. The number of methoxy groups -OCH3 is 1. The molecule has 1 heterocycles. The van der Waals surface area contributed by atoms with Crippen LogP contribution in [0.15, 0.2) is 0 Å². The lowest BCUT2D eigenvalue weighted by atomic mass is 10.2. The predicted molar refractivity (Wildman–Crippen MR) is 56.3 cm³/mol. The molecule has 6 nitrogen and oxygen atoms in total. The van der Waals surface area contributed by atoms with Crippen molar-refractivity contribution in [2.75, 3.05) is 7.11 Å². The van der Waals surface area contributed by atoms with Crippen molar-refractivity contribution < 1.29 is 9.84 Å². The standard InChI is InChI=1S/C10H16N4O2/c1-8(15)4-6-14-10(7-16-2)9(3-5-11)12-13-14/h8,15H,3-4,6-7H2,1-2H3. The topological polar surface area (TPSA) is 84.0 Å². The molecule has 0 spiro atoms. The number of aliphatic hydroxyl groups excluding tert-OH is 1. The monoisotopic (exact) mass is 224 g/mol. The van der Waals surface area contributed by atoms with Gasteiger partial charge in [-0.2, -0.15) is 5.26 Å². The fraction of sp³-hybridized carbons (Fsp3) is 0.700. The molecule has 1 aromatic rings. The lowest BCUT2D eigenvalue weighted by Crippen LogP contribution is -2.12. The van der Waals surface area contributed by atoms with Crippen LogP contribution in [0.2, 0.25) is 0 Å². The highest BCUT2D eigenvalue weighted by molar-refractivity contribution is 5.13. The SMILES string of the molecule is COCc1c(CC#N)nnn1CCC(C)O. The molecule has 1 unspecified atom stereocenters. The minimum absolute atomic E-state index is 0.230. The first-order valence-electron chi connectivity index (χ1n) is 5.14. The van der Waals surface area contributed by atoms with Gasteiger partial charge in [0.15, 0.2) is 0 Å². The Balaban J connectivity index is 2.78. The molecule has 16 heavy (non-hydrogen) atoms. The van der Waals surface area contributed by atoms with Crippen LogP contribution in [0.3, 0.4) is 0 Å². The van der Waals surface area contributed by atoms with Crippen LogP contribution >= 0.6 is 0 Å². The number of nitriles is 1. The highest BCUT2D eigenvalue weighted by Gasteiger charge is 2.12. The van der Waals surface area contributed by atoms with Crippen LogP contribution < -0.4 is 0 Å². The number of ether oxygens (including phenoxy) is 1. The van der Waals surface area contributed by atoms with Gasteiger partial charge in [-0.15, -0.1) is 5.10 Å². The second-order valence-electron chi connectivity index (χ2n) is 3.61. The molecule has 0 aliphatic carbocycles. The van der Waals surface area contributed by atoms with E-state index in [-0.39, 0.29) is 12.5 Å². The molecule has 0 radical (unpaired) electrons. The molecule has 0 aliphatic heterocycles. The molecular formula is C10H16N4O2. The summed E-state index contributed by atoms with van der Waals surface area (Å²) in [6.45, 7) is 2.68. The highest BCUT2D eigenvalue weighted by Crippen LogP contribution is 2.09. The number of rotatable bonds is 6. The minimum atomic E-state index is -0.376. The Labute approximate surface area is 94.4 Å². The zero-order valence-electron chi connectivity index (χ0n) is 9.55. The maximum atomic E-state index is 9.20. The van der Waals surface area contributed by atoms with Crippen molar-refractivity contribution in [3.05, 3.63) is 11.4 Å². The van der Waals surface area contributed by atoms with Gasteiger partial charge >= 0.3 is 0 Å². The van der Waals surface area contributed by atoms with Crippen molar-refractivity contribution >= 4 is 0 Å². The first-order chi connectivity index (χ1) is 7.69. The summed E-state index contributed by atoms with van der Waals surface area (Å²) in [7, 11) is 1.59. The van der Waals surface area contributed by atoms with Crippen molar-refractivity contribution in [1.29, 1.82) is 5.26 Å². The number of nitrogens with zero attached hydrogens (tertiary/aromatic N) is 4. The molecule has 0 saturated carbocycles. The van der Waals surface area contributed by atoms with Crippen molar-refractivity contribution in [2.45, 2.75) is 39.0 Å². The van der Waals surface area contributed by atoms with Crippen LogP contribution in [-0.4, -0.2) is 33.3 Å². The summed E-state index contributed by atoms with van der Waals surface area (Å²) < 4.78 is 6.73. The first-order valence-corrected chi connectivity index (χ1v) is 5.14. The molecule has 0 bridgehead atoms. The molecule has 0 fully saturated rings. The van der Waals surface area contributed by atoms with E-state index in [1.54, 1.807) is 18.7 Å². The summed E-state index contributed by atoms with van der Waals surface area (Å²) in [4.78, 5) is 0. The van der Waals surface area contributed by atoms with Crippen LogP contribution in [-0.2, 0) is 24.3 Å². The average Bonchev–Trinajstić information content (AvgIpc) is 2.60. The summed E-state index contributed by atoms with van der Waals surface area (Å²) in [5.41, 5.74) is 1.46. The van der Waals surface area contributed by atoms with Crippen molar-refractivity contribution in [2.24, 2.45) is 0 Å². The lowest BCUT2D eigenvalue weighted by Gasteiger charge is -2.07. The highest BCUT2D eigenvalue weighted by atomic mass is 16.5. The van der Waals surface area contributed by atoms with Crippen LogP contribution in [0.25, 0.3) is 0 Å². The molecular weight excluding hydrogens is 208 g/mol. The van der Waals surface area contributed by atoms with Gasteiger partial charge in [0.1, 0.15) is 5.69 Å². The Morgan fingerprint density at radius 2 is 2.38 bits per heavy atom. The Morgan fingerprint density at radius 3 is 2.94 bits per heavy atom. The molecule has 0 aromatic carbocycles. The quantitative estimate of drug-likeness (QED) is 0.749. The Hall–Kier alpha value is -1.45. The molecule has 0 aliphatic rings. The Kier molecular flexibility index (Phi) is 4.89. The zero-order chi connectivity index (χ0) is 12.0. The van der Waals surface area contributed by atoms with Crippen LogP contribution in [0.5, 0.6) is 0 Å². The van der Waals surface area contributed by atoms with Gasteiger partial charge in [-0.05, 0) is 13.3 Å². The Morgan fingerprint density at radius 1 is 1.62 bits per heavy atom. The second-order valence-corrected chi connectivity index (χ2v) is 3.61. The smallest absolute Gasteiger partial charge is 0.102 e. The largest absolute Gasteiger partial charge is 0.393 e. The molecule has 6 heteroatoms. The molecule has 0 saturated heterocycles. The molecule has 1 rings (SSSR count). The normalized spacial score (nSPS) is 12.4. The minimum Gasteiger partial charge on any atom is -0.393 e. The van der Waals surface area contributed by atoms with Gasteiger partial charge in [0, 0.05) is 13.7 Å². The van der Waals surface area contributed by atoms with Gasteiger partial charge in [0.05, 0.1) is 30.9 Å². The van der Waals surface area contributed by atoms with Gasteiger partial charge in [-0.3, -0.25) is 0 Å². The van der Waals surface area contributed by atoms with Crippen LogP contribution in [0.1, 0.15) is 24.7 Å². The van der Waals surface area contributed by atoms with Gasteiger partial charge in [0.2, 0.25) is 0 Å². The summed E-state index contributed by atoms with van der Waals surface area (Å²) in [5.74, 6) is 0. The number of hydrogen-bond donors (Lipinski definition) is 1. The molecule has 0 amide bonds. The number of aryl methyl sites for hydroxylation is 1. The fourth-order valence-electron chi connectivity index (χ4n) is 1.36. The third kappa shape index (κ3) is 3.29. The summed E-state index contributed by atoms with van der Waals surface area (Å²) in [6.07, 6.45) is 0.457. The van der Waals surface area contributed by atoms with Gasteiger partial charge in [-0.1, -0.05) is 5.21 Å². The van der Waals surface area contributed by atoms with E-state index < -0.39 is 0 Å². The first kappa shape index (κ1) is 12.6. The summed E-state index contributed by atoms with van der Waals surface area (Å²) in [6, 6.07) is 2.04. The van der Waals surface area contributed by atoms with E-state index in [4.69, 9.17) is 10.00 Å². The van der Waals surface area contributed by atoms with E-state index in [2.05, 4.69) is 10.3 Å². The van der Waals surface area contributed by atoms with E-state index in [0.717, 1.165) is 5.69 Å². The summed E-state index contributed by atoms with van der Waals surface area (Å²) in [5, 5.41) is 25.7. The van der Waals surface area contributed by atoms with Crippen LogP contribution in [0, 0.1) is 11.3 Å². The van der Waals surface area contributed by atoms with E-state index in [9.17, 15) is 5.11 Å². The molecule has 1 atom stereocenters. The van der Waals surface area contributed by atoms with Crippen molar-refractivity contribution in [3.8, 4) is 6.07 Å². The number of aliphatic hydroxyl groups is 1. The maximum absolute atomic E-state index is 9.20. The molecule has 88 valence electrons. The number of hydrogen-bond acceptors (Lipinski definition) is 5. The number of aromatic nitrogens is 3. The Bertz CT molecular complexity index is 367. The van der Waals surface area contributed by atoms with Crippen LogP contribution in [0.4, 0.5) is 0 Å². The zero-order valence-corrected chi connectivity index (χ0v) is 9.55. The lowest BCUT2D eigenvalue weighted by molar-refractivity contribution is 0.163. The summed E-state index contributed by atoms with van der Waals surface area (Å²) >= 11 is 0. The van der Waals surface area contributed by atoms with E-state index in [0.29, 0.717) is 25.3 Å². The third-order valence-corrected chi connectivity index (χ3v) is 2.20. The average molecular weight is 224 g/mol. The third-order valence-electron chi connectivity index (χ3n) is 2.20. The van der Waals surface area contributed by atoms with Gasteiger partial charge < -0.3 is 9.84 Å². The second kappa shape index (κ2) is 6.20. The molecule has 1 aromatic heterocycles. The van der Waals surface area contributed by atoms with Crippen molar-refractivity contribution in [1.82, 2.24) is 15.0 Å². The van der Waals surface area contributed by atoms with Gasteiger partial charge in [-0.25, -0.2) is 4.68 Å². The van der Waals surface area contributed by atoms with Crippen molar-refractivity contribution in [3.63, 3.8) is 0 Å².